The molecular weight excluding hydrogens is 254 g/mol. The van der Waals surface area contributed by atoms with Gasteiger partial charge in [-0.05, 0) is 25.3 Å². The smallest absolute Gasteiger partial charge is 0.224 e. The van der Waals surface area contributed by atoms with Gasteiger partial charge in [-0.25, -0.2) is 0 Å². The maximum absolute atomic E-state index is 12.3. The number of hydrogen-bond acceptors (Lipinski definition) is 3. The van der Waals surface area contributed by atoms with Crippen LogP contribution in [0.5, 0.6) is 0 Å². The molecule has 1 N–H and O–H groups in total. The Bertz CT molecular complexity index is 460. The second-order valence-corrected chi connectivity index (χ2v) is 6.16. The summed E-state index contributed by atoms with van der Waals surface area (Å²) in [5, 5.41) is 14.7. The Morgan fingerprint density at radius 1 is 1.40 bits per heavy atom. The van der Waals surface area contributed by atoms with Crippen LogP contribution < -0.4 is 0 Å². The van der Waals surface area contributed by atoms with Gasteiger partial charge in [0.15, 0.2) is 0 Å². The zero-order chi connectivity index (χ0) is 14.0. The molecule has 2 fully saturated rings. The van der Waals surface area contributed by atoms with E-state index in [-0.39, 0.29) is 11.8 Å². The molecule has 1 aliphatic heterocycles. The summed E-state index contributed by atoms with van der Waals surface area (Å²) in [7, 11) is 0. The van der Waals surface area contributed by atoms with Crippen molar-refractivity contribution < 1.29 is 9.90 Å². The number of nitrogens with zero attached hydrogens (tertiary/aromatic N) is 3. The monoisotopic (exact) mass is 277 g/mol. The minimum atomic E-state index is -0.503. The summed E-state index contributed by atoms with van der Waals surface area (Å²) in [4.78, 5) is 14.2. The molecule has 2 unspecified atom stereocenters. The average molecular weight is 277 g/mol. The van der Waals surface area contributed by atoms with Crippen LogP contribution in [0, 0.1) is 5.92 Å². The quantitative estimate of drug-likeness (QED) is 0.909. The van der Waals surface area contributed by atoms with E-state index < -0.39 is 5.60 Å². The average Bonchev–Trinajstić information content (AvgIpc) is 2.97. The van der Waals surface area contributed by atoms with E-state index >= 15 is 0 Å². The number of rotatable bonds is 3. The van der Waals surface area contributed by atoms with E-state index in [0.29, 0.717) is 19.5 Å². The molecule has 1 saturated carbocycles. The van der Waals surface area contributed by atoms with Crippen LogP contribution in [0.3, 0.4) is 0 Å². The Morgan fingerprint density at radius 2 is 2.30 bits per heavy atom. The van der Waals surface area contributed by atoms with Gasteiger partial charge in [0.1, 0.15) is 0 Å². The van der Waals surface area contributed by atoms with Crippen LogP contribution in [0.25, 0.3) is 0 Å². The van der Waals surface area contributed by atoms with Gasteiger partial charge in [0.05, 0.1) is 5.60 Å². The van der Waals surface area contributed by atoms with Gasteiger partial charge in [-0.1, -0.05) is 12.8 Å². The number of carbonyl (C=O) groups is 1. The zero-order valence-corrected chi connectivity index (χ0v) is 11.9. The summed E-state index contributed by atoms with van der Waals surface area (Å²) in [6.45, 7) is 2.07. The van der Waals surface area contributed by atoms with E-state index in [1.807, 2.05) is 17.2 Å². The number of likely N-dealkylation sites (tertiary alicyclic amines) is 1. The standard InChI is InChI=1S/C15H23N3O2/c19-14(5-10-18-9-3-8-16-18)17-11-7-15(20)6-2-1-4-13(15)12-17/h3,8-9,13,20H,1-2,4-7,10-12H2. The molecule has 2 heterocycles. The fourth-order valence-corrected chi connectivity index (χ4v) is 3.60. The fraction of sp³-hybridized carbons (Fsp3) is 0.733. The lowest BCUT2D eigenvalue weighted by atomic mass is 9.71. The minimum absolute atomic E-state index is 0.188. The normalized spacial score (nSPS) is 30.1. The van der Waals surface area contributed by atoms with E-state index in [1.165, 1.54) is 6.42 Å². The molecule has 1 aliphatic carbocycles. The van der Waals surface area contributed by atoms with E-state index in [1.54, 1.807) is 10.9 Å². The zero-order valence-electron chi connectivity index (χ0n) is 11.9. The van der Waals surface area contributed by atoms with Crippen molar-refractivity contribution >= 4 is 5.91 Å². The van der Waals surface area contributed by atoms with E-state index in [0.717, 1.165) is 32.2 Å². The van der Waals surface area contributed by atoms with Crippen molar-refractivity contribution in [3.63, 3.8) is 0 Å². The third kappa shape index (κ3) is 2.73. The van der Waals surface area contributed by atoms with Crippen LogP contribution in [-0.2, 0) is 11.3 Å². The van der Waals surface area contributed by atoms with Gasteiger partial charge in [-0.15, -0.1) is 0 Å². The molecule has 1 amide bonds. The summed E-state index contributed by atoms with van der Waals surface area (Å²) in [5.74, 6) is 0.465. The first-order chi connectivity index (χ1) is 9.67. The van der Waals surface area contributed by atoms with Gasteiger partial charge in [0.25, 0.3) is 0 Å². The van der Waals surface area contributed by atoms with Crippen molar-refractivity contribution in [2.75, 3.05) is 13.1 Å². The van der Waals surface area contributed by atoms with Crippen LogP contribution in [0.4, 0.5) is 0 Å². The summed E-state index contributed by atoms with van der Waals surface area (Å²) in [6.07, 6.45) is 9.11. The topological polar surface area (TPSA) is 58.4 Å². The Balaban J connectivity index is 1.54. The van der Waals surface area contributed by atoms with Crippen molar-refractivity contribution in [1.82, 2.24) is 14.7 Å². The van der Waals surface area contributed by atoms with Gasteiger partial charge in [0.2, 0.25) is 5.91 Å². The molecular formula is C15H23N3O2. The molecule has 0 spiro atoms. The van der Waals surface area contributed by atoms with Crippen LogP contribution >= 0.6 is 0 Å². The summed E-state index contributed by atoms with van der Waals surface area (Å²) >= 11 is 0. The molecule has 1 aromatic rings. The fourth-order valence-electron chi connectivity index (χ4n) is 3.60. The number of aromatic nitrogens is 2. The third-order valence-corrected chi connectivity index (χ3v) is 4.89. The highest BCUT2D eigenvalue weighted by molar-refractivity contribution is 5.76. The lowest BCUT2D eigenvalue weighted by molar-refractivity contribution is -0.143. The molecule has 0 radical (unpaired) electrons. The second-order valence-electron chi connectivity index (χ2n) is 6.16. The lowest BCUT2D eigenvalue weighted by Crippen LogP contribution is -2.54. The first-order valence-corrected chi connectivity index (χ1v) is 7.65. The SMILES string of the molecule is O=C(CCn1cccn1)N1CCC2(O)CCCCC2C1. The molecule has 110 valence electrons. The lowest BCUT2D eigenvalue weighted by Gasteiger charge is -2.47. The van der Waals surface area contributed by atoms with Gasteiger partial charge < -0.3 is 10.0 Å². The van der Waals surface area contributed by atoms with Gasteiger partial charge >= 0.3 is 0 Å². The largest absolute Gasteiger partial charge is 0.389 e. The summed E-state index contributed by atoms with van der Waals surface area (Å²) in [6, 6.07) is 1.87. The van der Waals surface area contributed by atoms with Crippen LogP contribution in [0.15, 0.2) is 18.5 Å². The van der Waals surface area contributed by atoms with E-state index in [2.05, 4.69) is 5.10 Å². The molecule has 5 nitrogen and oxygen atoms in total. The van der Waals surface area contributed by atoms with Crippen molar-refractivity contribution in [3.05, 3.63) is 18.5 Å². The molecule has 0 aromatic carbocycles. The van der Waals surface area contributed by atoms with Gasteiger partial charge in [0, 0.05) is 44.4 Å². The molecule has 2 atom stereocenters. The third-order valence-electron chi connectivity index (χ3n) is 4.89. The molecule has 20 heavy (non-hydrogen) atoms. The van der Waals surface area contributed by atoms with E-state index in [9.17, 15) is 9.90 Å². The van der Waals surface area contributed by atoms with Gasteiger partial charge in [-0.2, -0.15) is 5.10 Å². The molecule has 3 rings (SSSR count). The van der Waals surface area contributed by atoms with Crippen LogP contribution in [0.2, 0.25) is 0 Å². The number of amides is 1. The number of aliphatic hydroxyl groups is 1. The molecule has 1 aromatic heterocycles. The van der Waals surface area contributed by atoms with Crippen molar-refractivity contribution in [1.29, 1.82) is 0 Å². The van der Waals surface area contributed by atoms with Crippen molar-refractivity contribution in [2.24, 2.45) is 5.92 Å². The number of carbonyl (C=O) groups excluding carboxylic acids is 1. The van der Waals surface area contributed by atoms with E-state index in [4.69, 9.17) is 0 Å². The maximum atomic E-state index is 12.3. The van der Waals surface area contributed by atoms with Crippen LogP contribution in [0.1, 0.15) is 38.5 Å². The van der Waals surface area contributed by atoms with Gasteiger partial charge in [-0.3, -0.25) is 9.48 Å². The number of hydrogen-bond donors (Lipinski definition) is 1. The molecule has 0 bridgehead atoms. The minimum Gasteiger partial charge on any atom is -0.389 e. The predicted octanol–water partition coefficient (Wildman–Crippen LogP) is 1.43. The highest BCUT2D eigenvalue weighted by atomic mass is 16.3. The number of piperidine rings is 1. The maximum Gasteiger partial charge on any atom is 0.224 e. The first-order valence-electron chi connectivity index (χ1n) is 7.65. The molecule has 2 aliphatic rings. The summed E-state index contributed by atoms with van der Waals surface area (Å²) < 4.78 is 1.79. The Labute approximate surface area is 119 Å². The van der Waals surface area contributed by atoms with Crippen LogP contribution in [-0.4, -0.2) is 44.4 Å². The van der Waals surface area contributed by atoms with Crippen molar-refractivity contribution in [3.8, 4) is 0 Å². The second kappa shape index (κ2) is 5.56. The number of fused-ring (bicyclic) bond motifs is 1. The predicted molar refractivity (Wildman–Crippen MR) is 74.9 cm³/mol. The summed E-state index contributed by atoms with van der Waals surface area (Å²) in [5.41, 5.74) is -0.503. The Kier molecular flexibility index (Phi) is 3.78. The van der Waals surface area contributed by atoms with Crippen molar-refractivity contribution in [2.45, 2.75) is 50.7 Å². The Morgan fingerprint density at radius 3 is 3.10 bits per heavy atom. The highest BCUT2D eigenvalue weighted by Crippen LogP contribution is 2.39. The molecule has 5 heteroatoms. The Hall–Kier alpha value is -1.36. The number of aryl methyl sites for hydroxylation is 1. The molecule has 1 saturated heterocycles. The first kappa shape index (κ1) is 13.6. The highest BCUT2D eigenvalue weighted by Gasteiger charge is 2.43.